The fraction of sp³-hybridized carbons (Fsp3) is 0.500. The number of piperidine rings is 1. The molecular formula is C16H22ClN5O3S. The van der Waals surface area contributed by atoms with Gasteiger partial charge in [0.05, 0.1) is 17.6 Å². The van der Waals surface area contributed by atoms with E-state index in [1.165, 1.54) is 0 Å². The molecule has 1 aromatic heterocycles. The molecule has 1 fully saturated rings. The fourth-order valence-electron chi connectivity index (χ4n) is 3.29. The smallest absolute Gasteiger partial charge is 0.274 e. The van der Waals surface area contributed by atoms with Crippen LogP contribution in [0.3, 0.4) is 0 Å². The number of rotatable bonds is 6. The lowest BCUT2D eigenvalue weighted by molar-refractivity contribution is 0.381. The van der Waals surface area contributed by atoms with Gasteiger partial charge in [-0.25, -0.2) is 19.8 Å². The molecule has 10 heteroatoms. The quantitative estimate of drug-likeness (QED) is 0.764. The second-order valence-electron chi connectivity index (χ2n) is 6.36. The number of ether oxygens (including phenoxy) is 1. The number of fused-ring (bicyclic) bond motifs is 1. The molecule has 0 unspecified atom stereocenters. The zero-order chi connectivity index (χ0) is 18.7. The molecule has 0 atom stereocenters. The first kappa shape index (κ1) is 19.1. The Morgan fingerprint density at radius 3 is 2.73 bits per heavy atom. The molecule has 3 rings (SSSR count). The number of nitrogens with two attached hydrogens (primary N) is 1. The van der Waals surface area contributed by atoms with Crippen LogP contribution in [-0.4, -0.2) is 45.1 Å². The number of methoxy groups -OCH3 is 1. The topological polar surface area (TPSA) is 110 Å². The zero-order valence-corrected chi connectivity index (χ0v) is 16.1. The van der Waals surface area contributed by atoms with E-state index in [0.717, 1.165) is 49.1 Å². The normalized spacial score (nSPS) is 16.2. The van der Waals surface area contributed by atoms with Crippen LogP contribution in [0.4, 0.5) is 5.82 Å². The first-order valence-corrected chi connectivity index (χ1v) is 10.3. The predicted molar refractivity (Wildman–Crippen MR) is 102 cm³/mol. The number of hydrogen-bond acceptors (Lipinski definition) is 6. The van der Waals surface area contributed by atoms with Crippen LogP contribution in [0.2, 0.25) is 5.02 Å². The zero-order valence-electron chi connectivity index (χ0n) is 14.5. The van der Waals surface area contributed by atoms with E-state index >= 15 is 0 Å². The minimum Gasteiger partial charge on any atom is -0.495 e. The molecule has 142 valence electrons. The highest BCUT2D eigenvalue weighted by molar-refractivity contribution is 7.87. The molecule has 0 amide bonds. The maximum Gasteiger partial charge on any atom is 0.274 e. The highest BCUT2D eigenvalue weighted by Crippen LogP contribution is 2.34. The van der Waals surface area contributed by atoms with E-state index in [0.29, 0.717) is 23.2 Å². The summed E-state index contributed by atoms with van der Waals surface area (Å²) < 4.78 is 29.5. The summed E-state index contributed by atoms with van der Waals surface area (Å²) >= 11 is 6.27. The van der Waals surface area contributed by atoms with Crippen LogP contribution in [0.1, 0.15) is 19.3 Å². The van der Waals surface area contributed by atoms with Crippen LogP contribution in [0.25, 0.3) is 10.9 Å². The summed E-state index contributed by atoms with van der Waals surface area (Å²) in [5.74, 6) is 1.91. The monoisotopic (exact) mass is 399 g/mol. The van der Waals surface area contributed by atoms with Gasteiger partial charge in [-0.2, -0.15) is 8.42 Å². The van der Waals surface area contributed by atoms with Crippen molar-refractivity contribution in [2.24, 2.45) is 11.1 Å². The van der Waals surface area contributed by atoms with E-state index in [2.05, 4.69) is 19.6 Å². The Morgan fingerprint density at radius 1 is 1.35 bits per heavy atom. The van der Waals surface area contributed by atoms with Crippen molar-refractivity contribution in [3.63, 3.8) is 0 Å². The molecule has 0 saturated carbocycles. The van der Waals surface area contributed by atoms with Crippen LogP contribution in [0.5, 0.6) is 5.75 Å². The van der Waals surface area contributed by atoms with Gasteiger partial charge in [0, 0.05) is 31.1 Å². The van der Waals surface area contributed by atoms with Gasteiger partial charge in [0.1, 0.15) is 17.9 Å². The summed E-state index contributed by atoms with van der Waals surface area (Å²) in [5.41, 5.74) is 0.788. The van der Waals surface area contributed by atoms with Crippen LogP contribution in [0, 0.1) is 5.92 Å². The fourth-order valence-corrected chi connectivity index (χ4v) is 3.93. The SMILES string of the molecule is COc1cc2ncnc(N3CCC(CCNS(N)(=O)=O)CC3)c2cc1Cl. The van der Waals surface area contributed by atoms with Crippen LogP contribution < -0.4 is 19.5 Å². The van der Waals surface area contributed by atoms with Crippen molar-refractivity contribution in [3.8, 4) is 5.75 Å². The van der Waals surface area contributed by atoms with Gasteiger partial charge >= 0.3 is 0 Å². The first-order valence-electron chi connectivity index (χ1n) is 8.38. The Hall–Kier alpha value is -1.68. The molecule has 1 aliphatic rings. The number of nitrogens with one attached hydrogen (secondary N) is 1. The highest BCUT2D eigenvalue weighted by atomic mass is 35.5. The average molecular weight is 400 g/mol. The van der Waals surface area contributed by atoms with Gasteiger partial charge in [0.2, 0.25) is 0 Å². The van der Waals surface area contributed by atoms with E-state index in [1.54, 1.807) is 13.4 Å². The van der Waals surface area contributed by atoms with Crippen LogP contribution >= 0.6 is 11.6 Å². The molecular weight excluding hydrogens is 378 g/mol. The number of halogens is 1. The number of benzene rings is 1. The lowest BCUT2D eigenvalue weighted by Crippen LogP contribution is -2.37. The molecule has 26 heavy (non-hydrogen) atoms. The summed E-state index contributed by atoms with van der Waals surface area (Å²) in [4.78, 5) is 11.0. The lowest BCUT2D eigenvalue weighted by atomic mass is 9.93. The average Bonchev–Trinajstić information content (AvgIpc) is 2.60. The van der Waals surface area contributed by atoms with Crippen LogP contribution in [0.15, 0.2) is 18.5 Å². The largest absolute Gasteiger partial charge is 0.495 e. The number of aromatic nitrogens is 2. The predicted octanol–water partition coefficient (Wildman–Crippen LogP) is 1.69. The maximum absolute atomic E-state index is 10.9. The number of hydrogen-bond donors (Lipinski definition) is 2. The molecule has 0 aliphatic carbocycles. The second-order valence-corrected chi connectivity index (χ2v) is 8.15. The molecule has 8 nitrogen and oxygen atoms in total. The first-order chi connectivity index (χ1) is 12.4. The summed E-state index contributed by atoms with van der Waals surface area (Å²) in [6.45, 7) is 2.06. The Balaban J connectivity index is 1.69. The van der Waals surface area contributed by atoms with Gasteiger partial charge in [-0.05, 0) is 31.2 Å². The van der Waals surface area contributed by atoms with Gasteiger partial charge in [-0.3, -0.25) is 0 Å². The Morgan fingerprint density at radius 2 is 2.08 bits per heavy atom. The van der Waals surface area contributed by atoms with Crippen molar-refractivity contribution in [2.45, 2.75) is 19.3 Å². The Labute approximate surface area is 157 Å². The van der Waals surface area contributed by atoms with Gasteiger partial charge < -0.3 is 9.64 Å². The third-order valence-corrected chi connectivity index (χ3v) is 5.56. The molecule has 1 saturated heterocycles. The number of nitrogens with zero attached hydrogens (tertiary/aromatic N) is 3. The summed E-state index contributed by atoms with van der Waals surface area (Å²) in [6.07, 6.45) is 4.24. The van der Waals surface area contributed by atoms with Gasteiger partial charge in [0.15, 0.2) is 0 Å². The molecule has 0 spiro atoms. The Kier molecular flexibility index (Phi) is 5.81. The number of anilines is 1. The van der Waals surface area contributed by atoms with Gasteiger partial charge in [0.25, 0.3) is 10.2 Å². The highest BCUT2D eigenvalue weighted by Gasteiger charge is 2.22. The third kappa shape index (κ3) is 4.53. The van der Waals surface area contributed by atoms with E-state index in [1.807, 2.05) is 12.1 Å². The van der Waals surface area contributed by atoms with Crippen molar-refractivity contribution in [1.82, 2.24) is 14.7 Å². The van der Waals surface area contributed by atoms with E-state index in [-0.39, 0.29) is 0 Å². The summed E-state index contributed by atoms with van der Waals surface area (Å²) in [6, 6.07) is 3.65. The molecule has 2 aromatic rings. The Bertz CT molecular complexity index is 885. The van der Waals surface area contributed by atoms with Crippen molar-refractivity contribution in [2.75, 3.05) is 31.6 Å². The van der Waals surface area contributed by atoms with Crippen molar-refractivity contribution < 1.29 is 13.2 Å². The molecule has 3 N–H and O–H groups in total. The molecule has 0 radical (unpaired) electrons. The lowest BCUT2D eigenvalue weighted by Gasteiger charge is -2.33. The van der Waals surface area contributed by atoms with Crippen molar-refractivity contribution >= 4 is 38.5 Å². The van der Waals surface area contributed by atoms with Gasteiger partial charge in [-0.15, -0.1) is 0 Å². The summed E-state index contributed by atoms with van der Waals surface area (Å²) in [7, 11) is -2.04. The minimum absolute atomic E-state index is 0.370. The van der Waals surface area contributed by atoms with E-state index < -0.39 is 10.2 Å². The molecule has 1 aromatic carbocycles. The standard InChI is InChI=1S/C16H22ClN5O3S/c1-25-15-9-14-12(8-13(15)17)16(20-10-19-14)22-6-3-11(4-7-22)2-5-21-26(18,23)24/h8-11,21H,2-7H2,1H3,(H2,18,23,24). The van der Waals surface area contributed by atoms with E-state index in [9.17, 15) is 8.42 Å². The van der Waals surface area contributed by atoms with E-state index in [4.69, 9.17) is 21.5 Å². The van der Waals surface area contributed by atoms with Crippen LogP contribution in [-0.2, 0) is 10.2 Å². The van der Waals surface area contributed by atoms with Crippen molar-refractivity contribution in [3.05, 3.63) is 23.5 Å². The second kappa shape index (κ2) is 7.91. The minimum atomic E-state index is -3.61. The van der Waals surface area contributed by atoms with Gasteiger partial charge in [-0.1, -0.05) is 11.6 Å². The third-order valence-electron chi connectivity index (χ3n) is 4.66. The molecule has 0 bridgehead atoms. The maximum atomic E-state index is 10.9. The summed E-state index contributed by atoms with van der Waals surface area (Å²) in [5, 5.41) is 6.38. The molecule has 1 aliphatic heterocycles. The molecule has 2 heterocycles. The van der Waals surface area contributed by atoms with Crippen molar-refractivity contribution in [1.29, 1.82) is 0 Å².